The van der Waals surface area contributed by atoms with Crippen LogP contribution in [0.1, 0.15) is 31.0 Å². The third-order valence-corrected chi connectivity index (χ3v) is 4.28. The van der Waals surface area contributed by atoms with Gasteiger partial charge < -0.3 is 20.7 Å². The Morgan fingerprint density at radius 2 is 2.14 bits per heavy atom. The first kappa shape index (κ1) is 15.6. The molecule has 2 rings (SSSR count). The van der Waals surface area contributed by atoms with E-state index in [4.69, 9.17) is 10.9 Å². The zero-order chi connectivity index (χ0) is 15.4. The lowest BCUT2D eigenvalue weighted by atomic mass is 10.0. The molecule has 6 nitrogen and oxygen atoms in total. The molecule has 0 aromatic carbocycles. The van der Waals surface area contributed by atoms with Crippen LogP contribution >= 0.6 is 0 Å². The van der Waals surface area contributed by atoms with Crippen LogP contribution < -0.4 is 10.6 Å². The second-order valence-corrected chi connectivity index (χ2v) is 5.59. The van der Waals surface area contributed by atoms with Crippen molar-refractivity contribution >= 4 is 11.7 Å². The molecule has 0 saturated carbocycles. The molecule has 1 aliphatic heterocycles. The van der Waals surface area contributed by atoms with Gasteiger partial charge in [0.25, 0.3) is 0 Å². The van der Waals surface area contributed by atoms with Crippen molar-refractivity contribution in [3.05, 3.63) is 23.4 Å². The average Bonchev–Trinajstić information content (AvgIpc) is 2.53. The fourth-order valence-electron chi connectivity index (χ4n) is 2.86. The molecule has 2 heterocycles. The zero-order valence-corrected chi connectivity index (χ0v) is 13.1. The van der Waals surface area contributed by atoms with E-state index in [9.17, 15) is 0 Å². The molecule has 0 aliphatic carbocycles. The van der Waals surface area contributed by atoms with E-state index in [1.165, 1.54) is 0 Å². The molecule has 116 valence electrons. The second-order valence-electron chi connectivity index (χ2n) is 5.59. The summed E-state index contributed by atoms with van der Waals surface area (Å²) < 4.78 is 0. The van der Waals surface area contributed by atoms with Gasteiger partial charge in [-0.15, -0.1) is 0 Å². The lowest BCUT2D eigenvalue weighted by molar-refractivity contribution is 0.220. The Kier molecular flexibility index (Phi) is 5.01. The molecule has 0 bridgehead atoms. The minimum atomic E-state index is 0.107. The number of hydrogen-bond donors (Lipinski definition) is 2. The molecular weight excluding hydrogens is 266 g/mol. The van der Waals surface area contributed by atoms with Gasteiger partial charge >= 0.3 is 0 Å². The minimum Gasteiger partial charge on any atom is -0.409 e. The number of nitrogens with zero attached hydrogens (tertiary/aromatic N) is 4. The Labute approximate surface area is 126 Å². The molecular formula is C15H25N5O. The maximum absolute atomic E-state index is 8.95. The number of aryl methyl sites for hydroxylation is 1. The second kappa shape index (κ2) is 6.76. The monoisotopic (exact) mass is 291 g/mol. The summed E-state index contributed by atoms with van der Waals surface area (Å²) in [6.45, 7) is 7.47. The number of oxime groups is 1. The summed E-state index contributed by atoms with van der Waals surface area (Å²) in [7, 11) is 2.04. The molecule has 21 heavy (non-hydrogen) atoms. The molecule has 1 aliphatic rings. The fourth-order valence-corrected chi connectivity index (χ4v) is 2.86. The van der Waals surface area contributed by atoms with Gasteiger partial charge in [0.15, 0.2) is 5.84 Å². The van der Waals surface area contributed by atoms with Crippen molar-refractivity contribution < 1.29 is 5.21 Å². The van der Waals surface area contributed by atoms with Crippen LogP contribution in [0.25, 0.3) is 0 Å². The predicted octanol–water partition coefficient (Wildman–Crippen LogP) is 1.41. The number of rotatable bonds is 4. The molecule has 0 spiro atoms. The molecule has 1 aromatic rings. The van der Waals surface area contributed by atoms with Crippen LogP contribution in [0.2, 0.25) is 0 Å². The molecule has 0 radical (unpaired) electrons. The highest BCUT2D eigenvalue weighted by Gasteiger charge is 2.24. The van der Waals surface area contributed by atoms with Crippen molar-refractivity contribution in [2.75, 3.05) is 31.6 Å². The highest BCUT2D eigenvalue weighted by Crippen LogP contribution is 2.24. The van der Waals surface area contributed by atoms with Gasteiger partial charge in [0.1, 0.15) is 5.82 Å². The molecule has 6 heteroatoms. The fraction of sp³-hybridized carbons (Fsp3) is 0.600. The van der Waals surface area contributed by atoms with Crippen molar-refractivity contribution in [3.8, 4) is 0 Å². The van der Waals surface area contributed by atoms with E-state index in [-0.39, 0.29) is 5.84 Å². The third kappa shape index (κ3) is 3.44. The molecule has 0 amide bonds. The van der Waals surface area contributed by atoms with Crippen molar-refractivity contribution in [1.82, 2.24) is 9.88 Å². The van der Waals surface area contributed by atoms with Gasteiger partial charge in [-0.1, -0.05) is 12.1 Å². The normalized spacial score (nSPS) is 18.0. The van der Waals surface area contributed by atoms with Crippen LogP contribution in [0.4, 0.5) is 5.82 Å². The number of amidine groups is 1. The van der Waals surface area contributed by atoms with Gasteiger partial charge in [0.2, 0.25) is 0 Å². The SMILES string of the molecule is CCN1CCC(N(C)c2nc(C)ccc2C(N)=NO)CC1. The number of anilines is 1. The third-order valence-electron chi connectivity index (χ3n) is 4.28. The number of pyridine rings is 1. The Balaban J connectivity index is 2.22. The Bertz CT molecular complexity index is 509. The Morgan fingerprint density at radius 1 is 1.48 bits per heavy atom. The lowest BCUT2D eigenvalue weighted by Crippen LogP contribution is -2.44. The first-order valence-corrected chi connectivity index (χ1v) is 7.47. The number of nitrogens with two attached hydrogens (primary N) is 1. The maximum Gasteiger partial charge on any atom is 0.173 e. The molecule has 1 saturated heterocycles. The van der Waals surface area contributed by atoms with E-state index in [0.717, 1.165) is 44.0 Å². The summed E-state index contributed by atoms with van der Waals surface area (Å²) in [5.41, 5.74) is 7.39. The summed E-state index contributed by atoms with van der Waals surface area (Å²) in [6, 6.07) is 4.18. The highest BCUT2D eigenvalue weighted by molar-refractivity contribution is 6.01. The van der Waals surface area contributed by atoms with Gasteiger partial charge in [-0.05, 0) is 38.4 Å². The van der Waals surface area contributed by atoms with Gasteiger partial charge in [-0.25, -0.2) is 4.98 Å². The molecule has 0 unspecified atom stereocenters. The first-order valence-electron chi connectivity index (χ1n) is 7.47. The quantitative estimate of drug-likeness (QED) is 0.379. The summed E-state index contributed by atoms with van der Waals surface area (Å²) in [5, 5.41) is 12.1. The Hall–Kier alpha value is -1.82. The van der Waals surface area contributed by atoms with Crippen molar-refractivity contribution in [2.24, 2.45) is 10.9 Å². The summed E-state index contributed by atoms with van der Waals surface area (Å²) >= 11 is 0. The maximum atomic E-state index is 8.95. The van der Waals surface area contributed by atoms with E-state index in [2.05, 4.69) is 26.9 Å². The summed E-state index contributed by atoms with van der Waals surface area (Å²) in [5.74, 6) is 0.899. The van der Waals surface area contributed by atoms with Crippen molar-refractivity contribution in [2.45, 2.75) is 32.7 Å². The average molecular weight is 291 g/mol. The highest BCUT2D eigenvalue weighted by atomic mass is 16.4. The summed E-state index contributed by atoms with van der Waals surface area (Å²) in [6.07, 6.45) is 2.21. The topological polar surface area (TPSA) is 78.0 Å². The van der Waals surface area contributed by atoms with Gasteiger partial charge in [0, 0.05) is 31.9 Å². The van der Waals surface area contributed by atoms with Crippen molar-refractivity contribution in [3.63, 3.8) is 0 Å². The molecule has 3 N–H and O–H groups in total. The van der Waals surface area contributed by atoms with Crippen LogP contribution in [-0.2, 0) is 0 Å². The molecule has 1 fully saturated rings. The number of aromatic nitrogens is 1. The first-order chi connectivity index (χ1) is 10.1. The van der Waals surface area contributed by atoms with Crippen LogP contribution in [0, 0.1) is 6.92 Å². The number of hydrogen-bond acceptors (Lipinski definition) is 5. The standard InChI is InChI=1S/C15H25N5O/c1-4-20-9-7-12(8-10-20)19(3)15-13(14(16)18-21)6-5-11(2)17-15/h5-6,12,21H,4,7-10H2,1-3H3,(H2,16,18). The van der Waals surface area contributed by atoms with E-state index in [0.29, 0.717) is 11.6 Å². The van der Waals surface area contributed by atoms with E-state index < -0.39 is 0 Å². The zero-order valence-electron chi connectivity index (χ0n) is 13.1. The van der Waals surface area contributed by atoms with Gasteiger partial charge in [0.05, 0.1) is 5.56 Å². The van der Waals surface area contributed by atoms with E-state index in [1.54, 1.807) is 0 Å². The molecule has 1 aromatic heterocycles. The predicted molar refractivity (Wildman–Crippen MR) is 85.0 cm³/mol. The van der Waals surface area contributed by atoms with Gasteiger partial charge in [-0.2, -0.15) is 0 Å². The van der Waals surface area contributed by atoms with Crippen LogP contribution in [0.5, 0.6) is 0 Å². The number of likely N-dealkylation sites (tertiary alicyclic amines) is 1. The molecule has 0 atom stereocenters. The van der Waals surface area contributed by atoms with Crippen LogP contribution in [0.3, 0.4) is 0 Å². The van der Waals surface area contributed by atoms with Crippen LogP contribution in [0.15, 0.2) is 17.3 Å². The van der Waals surface area contributed by atoms with E-state index >= 15 is 0 Å². The minimum absolute atomic E-state index is 0.107. The van der Waals surface area contributed by atoms with Crippen LogP contribution in [-0.4, -0.2) is 53.7 Å². The van der Waals surface area contributed by atoms with E-state index in [1.807, 2.05) is 26.1 Å². The number of piperidine rings is 1. The Morgan fingerprint density at radius 3 is 2.71 bits per heavy atom. The smallest absolute Gasteiger partial charge is 0.173 e. The lowest BCUT2D eigenvalue weighted by Gasteiger charge is -2.37. The van der Waals surface area contributed by atoms with Crippen molar-refractivity contribution in [1.29, 1.82) is 0 Å². The largest absolute Gasteiger partial charge is 0.409 e. The van der Waals surface area contributed by atoms with Gasteiger partial charge in [-0.3, -0.25) is 0 Å². The summed E-state index contributed by atoms with van der Waals surface area (Å²) in [4.78, 5) is 9.23.